The largest absolute Gasteiger partial charge is 0.493 e. The third-order valence-electron chi connectivity index (χ3n) is 3.61. The molecule has 1 aliphatic rings. The summed E-state index contributed by atoms with van der Waals surface area (Å²) in [6.07, 6.45) is 1.07. The Morgan fingerprint density at radius 3 is 2.44 bits per heavy atom. The topological polar surface area (TPSA) is 39.7 Å². The second-order valence-electron chi connectivity index (χ2n) is 4.70. The monoisotopic (exact) mass is 251 g/mol. The molecule has 0 bridgehead atoms. The SMILES string of the molecule is CNCCC1(c2ccc(OC)c(OC)c2)COC1. The van der Waals surface area contributed by atoms with Crippen LogP contribution in [0.1, 0.15) is 12.0 Å². The number of benzene rings is 1. The van der Waals surface area contributed by atoms with E-state index in [1.807, 2.05) is 13.1 Å². The van der Waals surface area contributed by atoms with Gasteiger partial charge in [-0.3, -0.25) is 0 Å². The predicted molar refractivity (Wildman–Crippen MR) is 70.6 cm³/mol. The van der Waals surface area contributed by atoms with Crippen molar-refractivity contribution in [3.63, 3.8) is 0 Å². The van der Waals surface area contributed by atoms with Crippen molar-refractivity contribution in [2.24, 2.45) is 0 Å². The van der Waals surface area contributed by atoms with Crippen LogP contribution in [0.4, 0.5) is 0 Å². The van der Waals surface area contributed by atoms with Gasteiger partial charge in [-0.05, 0) is 37.7 Å². The first-order chi connectivity index (χ1) is 8.75. The third-order valence-corrected chi connectivity index (χ3v) is 3.61. The van der Waals surface area contributed by atoms with E-state index in [0.717, 1.165) is 37.7 Å². The van der Waals surface area contributed by atoms with Gasteiger partial charge in [0.2, 0.25) is 0 Å². The molecular formula is C14H21NO3. The van der Waals surface area contributed by atoms with Crippen LogP contribution in [0.3, 0.4) is 0 Å². The van der Waals surface area contributed by atoms with Crippen molar-refractivity contribution in [2.45, 2.75) is 11.8 Å². The van der Waals surface area contributed by atoms with Crippen molar-refractivity contribution in [3.8, 4) is 11.5 Å². The first-order valence-corrected chi connectivity index (χ1v) is 6.20. The summed E-state index contributed by atoms with van der Waals surface area (Å²) >= 11 is 0. The van der Waals surface area contributed by atoms with Gasteiger partial charge in [0.25, 0.3) is 0 Å². The van der Waals surface area contributed by atoms with Crippen LogP contribution in [0, 0.1) is 0 Å². The van der Waals surface area contributed by atoms with Gasteiger partial charge in [0.1, 0.15) is 0 Å². The zero-order valence-electron chi connectivity index (χ0n) is 11.3. The fourth-order valence-electron chi connectivity index (χ4n) is 2.33. The van der Waals surface area contributed by atoms with Crippen LogP contribution in [0.25, 0.3) is 0 Å². The standard InChI is InChI=1S/C14H21NO3/c1-15-7-6-14(9-18-10-14)11-4-5-12(16-2)13(8-11)17-3/h4-5,8,15H,6-7,9-10H2,1-3H3. The van der Waals surface area contributed by atoms with Gasteiger partial charge in [-0.1, -0.05) is 6.07 Å². The number of hydrogen-bond donors (Lipinski definition) is 1. The van der Waals surface area contributed by atoms with E-state index in [9.17, 15) is 0 Å². The predicted octanol–water partition coefficient (Wildman–Crippen LogP) is 1.58. The van der Waals surface area contributed by atoms with Crippen molar-refractivity contribution in [3.05, 3.63) is 23.8 Å². The molecule has 0 aliphatic carbocycles. The number of hydrogen-bond acceptors (Lipinski definition) is 4. The Hall–Kier alpha value is -1.26. The number of nitrogens with one attached hydrogen (secondary N) is 1. The molecule has 0 aromatic heterocycles. The Morgan fingerprint density at radius 2 is 1.94 bits per heavy atom. The van der Waals surface area contributed by atoms with Gasteiger partial charge < -0.3 is 19.5 Å². The molecule has 18 heavy (non-hydrogen) atoms. The highest BCUT2D eigenvalue weighted by Gasteiger charge is 2.40. The van der Waals surface area contributed by atoms with Crippen LogP contribution in [-0.4, -0.2) is 41.0 Å². The first kappa shape index (κ1) is 13.2. The quantitative estimate of drug-likeness (QED) is 0.833. The maximum atomic E-state index is 5.42. The minimum Gasteiger partial charge on any atom is -0.493 e. The minimum absolute atomic E-state index is 0.128. The average molecular weight is 251 g/mol. The van der Waals surface area contributed by atoms with E-state index < -0.39 is 0 Å². The second-order valence-corrected chi connectivity index (χ2v) is 4.70. The summed E-state index contributed by atoms with van der Waals surface area (Å²) < 4.78 is 16.1. The molecule has 0 spiro atoms. The molecule has 4 heteroatoms. The van der Waals surface area contributed by atoms with E-state index in [2.05, 4.69) is 17.4 Å². The molecule has 0 unspecified atom stereocenters. The maximum Gasteiger partial charge on any atom is 0.161 e. The molecule has 1 N–H and O–H groups in total. The van der Waals surface area contributed by atoms with E-state index in [-0.39, 0.29) is 5.41 Å². The van der Waals surface area contributed by atoms with Gasteiger partial charge in [-0.25, -0.2) is 0 Å². The van der Waals surface area contributed by atoms with Gasteiger partial charge in [-0.2, -0.15) is 0 Å². The van der Waals surface area contributed by atoms with Crippen molar-refractivity contribution in [1.29, 1.82) is 0 Å². The maximum absolute atomic E-state index is 5.42. The lowest BCUT2D eigenvalue weighted by atomic mass is 9.76. The number of methoxy groups -OCH3 is 2. The Bertz CT molecular complexity index is 402. The van der Waals surface area contributed by atoms with Crippen molar-refractivity contribution in [1.82, 2.24) is 5.32 Å². The first-order valence-electron chi connectivity index (χ1n) is 6.20. The van der Waals surface area contributed by atoms with Crippen LogP contribution < -0.4 is 14.8 Å². The highest BCUT2D eigenvalue weighted by molar-refractivity contribution is 5.46. The molecule has 1 saturated heterocycles. The van der Waals surface area contributed by atoms with Gasteiger partial charge in [-0.15, -0.1) is 0 Å². The Labute approximate surface area is 108 Å². The summed E-state index contributed by atoms with van der Waals surface area (Å²) in [6.45, 7) is 2.55. The molecule has 0 atom stereocenters. The van der Waals surface area contributed by atoms with Gasteiger partial charge in [0.15, 0.2) is 11.5 Å². The van der Waals surface area contributed by atoms with Crippen molar-refractivity contribution < 1.29 is 14.2 Å². The van der Waals surface area contributed by atoms with Crippen LogP contribution >= 0.6 is 0 Å². The average Bonchev–Trinajstić information content (AvgIpc) is 2.37. The van der Waals surface area contributed by atoms with E-state index in [1.165, 1.54) is 5.56 Å². The third kappa shape index (κ3) is 2.31. The van der Waals surface area contributed by atoms with Gasteiger partial charge >= 0.3 is 0 Å². The molecular weight excluding hydrogens is 230 g/mol. The smallest absolute Gasteiger partial charge is 0.161 e. The fourth-order valence-corrected chi connectivity index (χ4v) is 2.33. The lowest BCUT2D eigenvalue weighted by Crippen LogP contribution is -2.48. The molecule has 0 amide bonds. The van der Waals surface area contributed by atoms with Crippen molar-refractivity contribution in [2.75, 3.05) is 41.0 Å². The molecule has 1 fully saturated rings. The lowest BCUT2D eigenvalue weighted by molar-refractivity contribution is -0.0638. The lowest BCUT2D eigenvalue weighted by Gasteiger charge is -2.42. The molecule has 0 radical (unpaired) electrons. The van der Waals surface area contributed by atoms with Crippen molar-refractivity contribution >= 4 is 0 Å². The Kier molecular flexibility index (Phi) is 4.09. The number of ether oxygens (including phenoxy) is 3. The summed E-state index contributed by atoms with van der Waals surface area (Å²) in [5.74, 6) is 1.55. The summed E-state index contributed by atoms with van der Waals surface area (Å²) in [5, 5.41) is 3.20. The van der Waals surface area contributed by atoms with E-state index in [0.29, 0.717) is 0 Å². The molecule has 100 valence electrons. The Morgan fingerprint density at radius 1 is 1.22 bits per heavy atom. The zero-order valence-corrected chi connectivity index (χ0v) is 11.3. The Balaban J connectivity index is 2.25. The summed E-state index contributed by atoms with van der Waals surface area (Å²) in [4.78, 5) is 0. The van der Waals surface area contributed by atoms with Crippen LogP contribution in [-0.2, 0) is 10.2 Å². The second kappa shape index (κ2) is 5.59. The summed E-state index contributed by atoms with van der Waals surface area (Å²) in [7, 11) is 5.29. The molecule has 1 aromatic rings. The molecule has 1 aliphatic heterocycles. The van der Waals surface area contributed by atoms with Crippen LogP contribution in [0.5, 0.6) is 11.5 Å². The van der Waals surface area contributed by atoms with E-state index >= 15 is 0 Å². The van der Waals surface area contributed by atoms with Gasteiger partial charge in [0, 0.05) is 5.41 Å². The molecule has 0 saturated carbocycles. The highest BCUT2D eigenvalue weighted by Crippen LogP contribution is 2.39. The van der Waals surface area contributed by atoms with Crippen LogP contribution in [0.2, 0.25) is 0 Å². The minimum atomic E-state index is 0.128. The molecule has 1 heterocycles. The normalized spacial score (nSPS) is 17.1. The summed E-state index contributed by atoms with van der Waals surface area (Å²) in [5.41, 5.74) is 1.39. The van der Waals surface area contributed by atoms with Gasteiger partial charge in [0.05, 0.1) is 27.4 Å². The highest BCUT2D eigenvalue weighted by atomic mass is 16.5. The number of rotatable bonds is 6. The zero-order chi connectivity index (χ0) is 13.0. The van der Waals surface area contributed by atoms with E-state index in [4.69, 9.17) is 14.2 Å². The molecule has 2 rings (SSSR count). The van der Waals surface area contributed by atoms with Crippen LogP contribution in [0.15, 0.2) is 18.2 Å². The molecule has 4 nitrogen and oxygen atoms in total. The summed E-state index contributed by atoms with van der Waals surface area (Å²) in [6, 6.07) is 6.14. The fraction of sp³-hybridized carbons (Fsp3) is 0.571. The van der Waals surface area contributed by atoms with E-state index in [1.54, 1.807) is 14.2 Å². The molecule has 1 aromatic carbocycles.